The maximum absolute atomic E-state index is 12.7. The molecule has 2 heterocycles. The zero-order valence-electron chi connectivity index (χ0n) is 11.3. The van der Waals surface area contributed by atoms with E-state index in [0.29, 0.717) is 24.4 Å². The van der Waals surface area contributed by atoms with Gasteiger partial charge in [0.25, 0.3) is 0 Å². The lowest BCUT2D eigenvalue weighted by molar-refractivity contribution is 0.387. The van der Waals surface area contributed by atoms with Crippen molar-refractivity contribution >= 4 is 10.0 Å². The number of aromatic nitrogens is 1. The Morgan fingerprint density at radius 3 is 2.75 bits per heavy atom. The average molecular weight is 288 g/mol. The van der Waals surface area contributed by atoms with Crippen LogP contribution in [0.25, 0.3) is 0 Å². The molecule has 0 fully saturated rings. The standard InChI is InChI=1S/C15H16N2O2S/c1-12-5-2-3-7-15(12)20(18,19)17-10-8-14-13(11-17)6-4-9-16-14/h2-7,9H,8,10-11H2,1H3. The molecule has 5 heteroatoms. The average Bonchev–Trinajstić information content (AvgIpc) is 2.47. The molecule has 104 valence electrons. The predicted molar refractivity (Wildman–Crippen MR) is 76.7 cm³/mol. The summed E-state index contributed by atoms with van der Waals surface area (Å²) in [6.45, 7) is 2.72. The molecule has 0 amide bonds. The molecule has 1 aliphatic rings. The van der Waals surface area contributed by atoms with E-state index in [0.717, 1.165) is 16.8 Å². The van der Waals surface area contributed by atoms with Crippen LogP contribution in [0.4, 0.5) is 0 Å². The van der Waals surface area contributed by atoms with Crippen LogP contribution in [0.5, 0.6) is 0 Å². The van der Waals surface area contributed by atoms with Gasteiger partial charge in [0.2, 0.25) is 10.0 Å². The topological polar surface area (TPSA) is 50.3 Å². The lowest BCUT2D eigenvalue weighted by Crippen LogP contribution is -2.36. The lowest BCUT2D eigenvalue weighted by Gasteiger charge is -2.27. The molecule has 0 saturated carbocycles. The number of pyridine rings is 1. The third-order valence-electron chi connectivity index (χ3n) is 3.64. The Kier molecular flexibility index (Phi) is 3.31. The van der Waals surface area contributed by atoms with Gasteiger partial charge in [0.15, 0.2) is 0 Å². The first-order valence-corrected chi connectivity index (χ1v) is 8.01. The van der Waals surface area contributed by atoms with E-state index >= 15 is 0 Å². The van der Waals surface area contributed by atoms with Crippen LogP contribution in [0.2, 0.25) is 0 Å². The van der Waals surface area contributed by atoms with Gasteiger partial charge in [-0.15, -0.1) is 0 Å². The van der Waals surface area contributed by atoms with Crippen LogP contribution < -0.4 is 0 Å². The van der Waals surface area contributed by atoms with E-state index in [1.54, 1.807) is 22.6 Å². The van der Waals surface area contributed by atoms with E-state index in [1.807, 2.05) is 31.2 Å². The second kappa shape index (κ2) is 5.00. The molecule has 1 aromatic carbocycles. The van der Waals surface area contributed by atoms with Crippen molar-refractivity contribution in [3.63, 3.8) is 0 Å². The van der Waals surface area contributed by atoms with Gasteiger partial charge < -0.3 is 0 Å². The maximum Gasteiger partial charge on any atom is 0.243 e. The lowest BCUT2D eigenvalue weighted by atomic mass is 10.1. The first-order valence-electron chi connectivity index (χ1n) is 6.57. The highest BCUT2D eigenvalue weighted by molar-refractivity contribution is 7.89. The quantitative estimate of drug-likeness (QED) is 0.850. The van der Waals surface area contributed by atoms with E-state index in [4.69, 9.17) is 0 Å². The maximum atomic E-state index is 12.7. The smallest absolute Gasteiger partial charge is 0.243 e. The summed E-state index contributed by atoms with van der Waals surface area (Å²) in [4.78, 5) is 4.70. The van der Waals surface area contributed by atoms with Crippen LogP contribution >= 0.6 is 0 Å². The summed E-state index contributed by atoms with van der Waals surface area (Å²) in [5.41, 5.74) is 2.78. The summed E-state index contributed by atoms with van der Waals surface area (Å²) in [6, 6.07) is 10.9. The molecule has 0 aliphatic carbocycles. The fraction of sp³-hybridized carbons (Fsp3) is 0.267. The number of fused-ring (bicyclic) bond motifs is 1. The van der Waals surface area contributed by atoms with Crippen molar-refractivity contribution < 1.29 is 8.42 Å². The van der Waals surface area contributed by atoms with Crippen molar-refractivity contribution in [2.45, 2.75) is 24.8 Å². The Labute approximate surface area is 119 Å². The molecule has 0 bridgehead atoms. The van der Waals surface area contributed by atoms with E-state index < -0.39 is 10.0 Å². The first-order chi connectivity index (χ1) is 9.59. The highest BCUT2D eigenvalue weighted by Crippen LogP contribution is 2.25. The Balaban J connectivity index is 1.97. The van der Waals surface area contributed by atoms with Crippen molar-refractivity contribution in [3.8, 4) is 0 Å². The normalized spacial score (nSPS) is 15.8. The summed E-state index contributed by atoms with van der Waals surface area (Å²) in [6.07, 6.45) is 2.42. The van der Waals surface area contributed by atoms with Crippen molar-refractivity contribution in [1.82, 2.24) is 9.29 Å². The Hall–Kier alpha value is -1.72. The molecule has 0 radical (unpaired) electrons. The van der Waals surface area contributed by atoms with E-state index in [1.165, 1.54) is 0 Å². The molecule has 0 saturated heterocycles. The monoisotopic (exact) mass is 288 g/mol. The van der Waals surface area contributed by atoms with Crippen LogP contribution in [-0.4, -0.2) is 24.3 Å². The number of hydrogen-bond donors (Lipinski definition) is 0. The molecular formula is C15H16N2O2S. The van der Waals surface area contributed by atoms with E-state index in [2.05, 4.69) is 4.98 Å². The third kappa shape index (κ3) is 2.23. The van der Waals surface area contributed by atoms with Crippen molar-refractivity contribution in [2.24, 2.45) is 0 Å². The minimum atomic E-state index is -3.43. The highest BCUT2D eigenvalue weighted by atomic mass is 32.2. The van der Waals surface area contributed by atoms with Crippen molar-refractivity contribution in [1.29, 1.82) is 0 Å². The first kappa shape index (κ1) is 13.3. The minimum absolute atomic E-state index is 0.396. The van der Waals surface area contributed by atoms with Gasteiger partial charge in [-0.25, -0.2) is 8.42 Å². The van der Waals surface area contributed by atoms with Gasteiger partial charge >= 0.3 is 0 Å². The number of hydrogen-bond acceptors (Lipinski definition) is 3. The summed E-state index contributed by atoms with van der Waals surface area (Å²) < 4.78 is 27.0. The highest BCUT2D eigenvalue weighted by Gasteiger charge is 2.29. The summed E-state index contributed by atoms with van der Waals surface area (Å²) >= 11 is 0. The molecule has 1 aromatic heterocycles. The number of aryl methyl sites for hydroxylation is 1. The fourth-order valence-electron chi connectivity index (χ4n) is 2.53. The van der Waals surface area contributed by atoms with Crippen LogP contribution in [-0.2, 0) is 23.0 Å². The minimum Gasteiger partial charge on any atom is -0.261 e. The zero-order valence-corrected chi connectivity index (χ0v) is 12.1. The number of sulfonamides is 1. The molecule has 0 atom stereocenters. The molecule has 0 unspecified atom stereocenters. The van der Waals surface area contributed by atoms with Crippen molar-refractivity contribution in [2.75, 3.05) is 6.54 Å². The van der Waals surface area contributed by atoms with Crippen LogP contribution in [0, 0.1) is 6.92 Å². The second-order valence-electron chi connectivity index (χ2n) is 4.96. The number of nitrogens with zero attached hydrogens (tertiary/aromatic N) is 2. The van der Waals surface area contributed by atoms with Gasteiger partial charge in [-0.1, -0.05) is 24.3 Å². The van der Waals surface area contributed by atoms with Crippen LogP contribution in [0.3, 0.4) is 0 Å². The van der Waals surface area contributed by atoms with Gasteiger partial charge in [-0.2, -0.15) is 4.31 Å². The molecule has 20 heavy (non-hydrogen) atoms. The molecule has 1 aliphatic heterocycles. The number of benzene rings is 1. The van der Waals surface area contributed by atoms with Gasteiger partial charge in [-0.3, -0.25) is 4.98 Å². The van der Waals surface area contributed by atoms with Gasteiger partial charge in [0.1, 0.15) is 0 Å². The van der Waals surface area contributed by atoms with E-state index in [-0.39, 0.29) is 0 Å². The molecule has 3 rings (SSSR count). The third-order valence-corrected chi connectivity index (χ3v) is 5.65. The number of rotatable bonds is 2. The van der Waals surface area contributed by atoms with E-state index in [9.17, 15) is 8.42 Å². The second-order valence-corrected chi connectivity index (χ2v) is 6.87. The van der Waals surface area contributed by atoms with Gasteiger partial charge in [0.05, 0.1) is 4.90 Å². The molecular weight excluding hydrogens is 272 g/mol. The molecule has 4 nitrogen and oxygen atoms in total. The Bertz CT molecular complexity index is 741. The zero-order chi connectivity index (χ0) is 14.2. The summed E-state index contributed by atoms with van der Waals surface area (Å²) in [7, 11) is -3.43. The van der Waals surface area contributed by atoms with Crippen LogP contribution in [0.1, 0.15) is 16.8 Å². The summed E-state index contributed by atoms with van der Waals surface area (Å²) in [5, 5.41) is 0. The molecule has 0 N–H and O–H groups in total. The molecule has 0 spiro atoms. The van der Waals surface area contributed by atoms with Crippen molar-refractivity contribution in [3.05, 3.63) is 59.4 Å². The SMILES string of the molecule is Cc1ccccc1S(=O)(=O)N1CCc2ncccc2C1. The van der Waals surface area contributed by atoms with Gasteiger partial charge in [-0.05, 0) is 30.2 Å². The Morgan fingerprint density at radius 1 is 1.15 bits per heavy atom. The fourth-order valence-corrected chi connectivity index (χ4v) is 4.17. The van der Waals surface area contributed by atoms with Gasteiger partial charge in [0, 0.05) is 31.4 Å². The largest absolute Gasteiger partial charge is 0.261 e. The predicted octanol–water partition coefficient (Wildman–Crippen LogP) is 2.14. The Morgan fingerprint density at radius 2 is 1.95 bits per heavy atom. The molecule has 2 aromatic rings. The summed E-state index contributed by atoms with van der Waals surface area (Å²) in [5.74, 6) is 0. The van der Waals surface area contributed by atoms with Crippen LogP contribution in [0.15, 0.2) is 47.5 Å².